The molecule has 1 aliphatic rings. The molecule has 28 heavy (non-hydrogen) atoms. The summed E-state index contributed by atoms with van der Waals surface area (Å²) in [5, 5.41) is 11.3. The van der Waals surface area contributed by atoms with Crippen LogP contribution in [0.3, 0.4) is 0 Å². The summed E-state index contributed by atoms with van der Waals surface area (Å²) in [5.41, 5.74) is 0.238. The Balaban J connectivity index is 1.34. The highest BCUT2D eigenvalue weighted by Crippen LogP contribution is 2.23. The van der Waals surface area contributed by atoms with Gasteiger partial charge in [0.1, 0.15) is 17.3 Å². The minimum atomic E-state index is -0.368. The number of anilines is 1. The maximum Gasteiger partial charge on any atom is 0.278 e. The first-order chi connectivity index (χ1) is 13.7. The van der Waals surface area contributed by atoms with Crippen LogP contribution in [0.5, 0.6) is 11.5 Å². The molecule has 1 atom stereocenters. The van der Waals surface area contributed by atoms with Crippen LogP contribution in [0.15, 0.2) is 48.8 Å². The fourth-order valence-corrected chi connectivity index (χ4v) is 2.94. The second-order valence-electron chi connectivity index (χ2n) is 6.44. The zero-order chi connectivity index (χ0) is 19.3. The first-order valence-electron chi connectivity index (χ1n) is 8.84. The predicted octanol–water partition coefficient (Wildman–Crippen LogP) is 3.41. The van der Waals surface area contributed by atoms with Crippen molar-refractivity contribution >= 4 is 23.3 Å². The molecule has 1 unspecified atom stereocenters. The molecule has 144 valence electrons. The van der Waals surface area contributed by atoms with Crippen molar-refractivity contribution in [2.45, 2.75) is 13.0 Å². The van der Waals surface area contributed by atoms with Crippen molar-refractivity contribution in [3.63, 3.8) is 0 Å². The molecular formula is C19H18ClN5O3. The van der Waals surface area contributed by atoms with E-state index in [1.54, 1.807) is 47.3 Å². The van der Waals surface area contributed by atoms with Crippen molar-refractivity contribution in [3.05, 3.63) is 59.5 Å². The van der Waals surface area contributed by atoms with E-state index in [0.717, 1.165) is 19.6 Å². The molecule has 2 aromatic heterocycles. The van der Waals surface area contributed by atoms with E-state index in [0.29, 0.717) is 34.8 Å². The summed E-state index contributed by atoms with van der Waals surface area (Å²) in [7, 11) is 0. The zero-order valence-corrected chi connectivity index (χ0v) is 15.7. The fourth-order valence-electron chi connectivity index (χ4n) is 2.82. The number of pyridine rings is 1. The SMILES string of the molecule is O=C(Nc1ccc(Oc2ccc(Cl)cc2)cn1)c1cn(CC2CCOC2)nn1. The number of carbonyl (C=O) groups is 1. The van der Waals surface area contributed by atoms with Crippen LogP contribution in [-0.2, 0) is 11.3 Å². The van der Waals surface area contributed by atoms with Gasteiger partial charge in [-0.25, -0.2) is 4.98 Å². The van der Waals surface area contributed by atoms with Crippen molar-refractivity contribution in [1.82, 2.24) is 20.0 Å². The monoisotopic (exact) mass is 399 g/mol. The Morgan fingerprint density at radius 3 is 2.79 bits per heavy atom. The average molecular weight is 400 g/mol. The molecule has 1 fully saturated rings. The third kappa shape index (κ3) is 4.65. The molecule has 1 aromatic carbocycles. The van der Waals surface area contributed by atoms with E-state index < -0.39 is 0 Å². The van der Waals surface area contributed by atoms with Crippen LogP contribution in [-0.4, -0.2) is 39.1 Å². The molecular weight excluding hydrogens is 382 g/mol. The lowest BCUT2D eigenvalue weighted by Gasteiger charge is -2.07. The summed E-state index contributed by atoms with van der Waals surface area (Å²) in [6.45, 7) is 2.18. The quantitative estimate of drug-likeness (QED) is 0.683. The number of hydrogen-bond acceptors (Lipinski definition) is 6. The molecule has 9 heteroatoms. The van der Waals surface area contributed by atoms with Gasteiger partial charge in [-0.2, -0.15) is 0 Å². The van der Waals surface area contributed by atoms with Gasteiger partial charge in [-0.3, -0.25) is 9.48 Å². The summed E-state index contributed by atoms with van der Waals surface area (Å²) in [6, 6.07) is 10.4. The molecule has 3 aromatic rings. The predicted molar refractivity (Wildman–Crippen MR) is 103 cm³/mol. The van der Waals surface area contributed by atoms with Gasteiger partial charge in [0.25, 0.3) is 5.91 Å². The van der Waals surface area contributed by atoms with Crippen LogP contribution in [0.2, 0.25) is 5.02 Å². The van der Waals surface area contributed by atoms with Gasteiger partial charge in [-0.05, 0) is 42.8 Å². The van der Waals surface area contributed by atoms with Crippen LogP contribution in [0, 0.1) is 5.92 Å². The largest absolute Gasteiger partial charge is 0.456 e. The van der Waals surface area contributed by atoms with Crippen molar-refractivity contribution in [2.75, 3.05) is 18.5 Å². The Bertz CT molecular complexity index is 937. The molecule has 0 radical (unpaired) electrons. The molecule has 1 aliphatic heterocycles. The van der Waals surface area contributed by atoms with Crippen LogP contribution in [0.4, 0.5) is 5.82 Å². The van der Waals surface area contributed by atoms with Gasteiger partial charge >= 0.3 is 0 Å². The molecule has 8 nitrogen and oxygen atoms in total. The number of nitrogens with zero attached hydrogens (tertiary/aromatic N) is 4. The van der Waals surface area contributed by atoms with Gasteiger partial charge in [-0.1, -0.05) is 16.8 Å². The second-order valence-corrected chi connectivity index (χ2v) is 6.88. The number of aromatic nitrogens is 4. The third-order valence-electron chi connectivity index (χ3n) is 4.27. The van der Waals surface area contributed by atoms with Gasteiger partial charge in [0.05, 0.1) is 19.0 Å². The van der Waals surface area contributed by atoms with E-state index >= 15 is 0 Å². The number of hydrogen-bond donors (Lipinski definition) is 1. The summed E-state index contributed by atoms with van der Waals surface area (Å²) in [4.78, 5) is 16.5. The smallest absolute Gasteiger partial charge is 0.278 e. The number of rotatable bonds is 6. The average Bonchev–Trinajstić information content (AvgIpc) is 3.38. The minimum Gasteiger partial charge on any atom is -0.456 e. The zero-order valence-electron chi connectivity index (χ0n) is 14.9. The van der Waals surface area contributed by atoms with E-state index in [9.17, 15) is 4.79 Å². The first kappa shape index (κ1) is 18.4. The highest BCUT2D eigenvalue weighted by atomic mass is 35.5. The van der Waals surface area contributed by atoms with E-state index in [-0.39, 0.29) is 11.6 Å². The van der Waals surface area contributed by atoms with Crippen LogP contribution >= 0.6 is 11.6 Å². The highest BCUT2D eigenvalue weighted by molar-refractivity contribution is 6.30. The molecule has 3 heterocycles. The van der Waals surface area contributed by atoms with Crippen molar-refractivity contribution in [3.8, 4) is 11.5 Å². The van der Waals surface area contributed by atoms with E-state index in [2.05, 4.69) is 20.6 Å². The van der Waals surface area contributed by atoms with Gasteiger partial charge in [0.15, 0.2) is 5.69 Å². The molecule has 0 bridgehead atoms. The number of benzene rings is 1. The second kappa shape index (κ2) is 8.37. The molecule has 1 saturated heterocycles. The van der Waals surface area contributed by atoms with Crippen molar-refractivity contribution < 1.29 is 14.3 Å². The fraction of sp³-hybridized carbons (Fsp3) is 0.263. The van der Waals surface area contributed by atoms with Crippen molar-refractivity contribution in [2.24, 2.45) is 5.92 Å². The Morgan fingerprint density at radius 1 is 1.25 bits per heavy atom. The van der Waals surface area contributed by atoms with Gasteiger partial charge in [-0.15, -0.1) is 5.10 Å². The summed E-state index contributed by atoms with van der Waals surface area (Å²) in [5.74, 6) is 1.63. The number of carbonyl (C=O) groups excluding carboxylic acids is 1. The normalized spacial score (nSPS) is 16.1. The maximum atomic E-state index is 12.3. The lowest BCUT2D eigenvalue weighted by Crippen LogP contribution is -2.13. The highest BCUT2D eigenvalue weighted by Gasteiger charge is 2.18. The topological polar surface area (TPSA) is 91.2 Å². The van der Waals surface area contributed by atoms with Crippen molar-refractivity contribution in [1.29, 1.82) is 0 Å². The van der Waals surface area contributed by atoms with Crippen LogP contribution in [0.25, 0.3) is 0 Å². The number of amides is 1. The van der Waals surface area contributed by atoms with Gasteiger partial charge < -0.3 is 14.8 Å². The van der Waals surface area contributed by atoms with Crippen LogP contribution < -0.4 is 10.1 Å². The maximum absolute atomic E-state index is 12.3. The third-order valence-corrected chi connectivity index (χ3v) is 4.52. The Hall–Kier alpha value is -2.97. The Kier molecular flexibility index (Phi) is 5.50. The van der Waals surface area contributed by atoms with E-state index in [1.807, 2.05) is 0 Å². The molecule has 1 N–H and O–H groups in total. The first-order valence-corrected chi connectivity index (χ1v) is 9.22. The summed E-state index contributed by atoms with van der Waals surface area (Å²) in [6.07, 6.45) is 4.16. The number of nitrogens with one attached hydrogen (secondary N) is 1. The van der Waals surface area contributed by atoms with E-state index in [1.165, 1.54) is 6.20 Å². The minimum absolute atomic E-state index is 0.238. The van der Waals surface area contributed by atoms with Gasteiger partial charge in [0.2, 0.25) is 0 Å². The van der Waals surface area contributed by atoms with Crippen LogP contribution in [0.1, 0.15) is 16.9 Å². The molecule has 0 spiro atoms. The van der Waals surface area contributed by atoms with E-state index in [4.69, 9.17) is 21.1 Å². The lowest BCUT2D eigenvalue weighted by atomic mass is 10.1. The summed E-state index contributed by atoms with van der Waals surface area (Å²) < 4.78 is 12.7. The molecule has 4 rings (SSSR count). The number of halogens is 1. The Morgan fingerprint density at radius 2 is 2.07 bits per heavy atom. The Labute approximate surface area is 166 Å². The van der Waals surface area contributed by atoms with Gasteiger partial charge in [0, 0.05) is 24.1 Å². The number of ether oxygens (including phenoxy) is 2. The standard InChI is InChI=1S/C19H18ClN5O3/c20-14-1-3-15(4-2-14)28-16-5-6-18(21-9-16)22-19(26)17-11-25(24-23-17)10-13-7-8-27-12-13/h1-6,9,11,13H,7-8,10,12H2,(H,21,22,26). The lowest BCUT2D eigenvalue weighted by molar-refractivity contribution is 0.102. The summed E-state index contributed by atoms with van der Waals surface area (Å²) >= 11 is 5.85. The molecule has 1 amide bonds. The molecule has 0 aliphatic carbocycles. The molecule has 0 saturated carbocycles.